The zero-order valence-electron chi connectivity index (χ0n) is 10.2. The van der Waals surface area contributed by atoms with Crippen LogP contribution in [0.15, 0.2) is 0 Å². The van der Waals surface area contributed by atoms with E-state index < -0.39 is 0 Å². The molecule has 16 heavy (non-hydrogen) atoms. The SMILES string of the molecule is COC1(CN2CCC(=O)CC2C)CCOC1. The average molecular weight is 227 g/mol. The highest BCUT2D eigenvalue weighted by Gasteiger charge is 2.38. The van der Waals surface area contributed by atoms with Crippen molar-refractivity contribution in [3.63, 3.8) is 0 Å². The van der Waals surface area contributed by atoms with Crippen LogP contribution in [0, 0.1) is 0 Å². The molecule has 2 unspecified atom stereocenters. The molecule has 2 heterocycles. The molecule has 2 fully saturated rings. The number of hydrogen-bond donors (Lipinski definition) is 0. The van der Waals surface area contributed by atoms with E-state index in [1.807, 2.05) is 0 Å². The molecule has 2 saturated heterocycles. The molecule has 0 aromatic carbocycles. The lowest BCUT2D eigenvalue weighted by molar-refractivity contribution is -0.124. The first kappa shape index (κ1) is 12.0. The Morgan fingerprint density at radius 2 is 2.44 bits per heavy atom. The smallest absolute Gasteiger partial charge is 0.135 e. The van der Waals surface area contributed by atoms with Crippen LogP contribution in [0.1, 0.15) is 26.2 Å². The first-order chi connectivity index (χ1) is 7.65. The maximum Gasteiger partial charge on any atom is 0.135 e. The number of methoxy groups -OCH3 is 1. The summed E-state index contributed by atoms with van der Waals surface area (Å²) < 4.78 is 11.1. The van der Waals surface area contributed by atoms with Crippen LogP contribution >= 0.6 is 0 Å². The number of carbonyl (C=O) groups excluding carboxylic acids is 1. The number of likely N-dealkylation sites (tertiary alicyclic amines) is 1. The van der Waals surface area contributed by atoms with Crippen molar-refractivity contribution >= 4 is 5.78 Å². The first-order valence-corrected chi connectivity index (χ1v) is 6.04. The van der Waals surface area contributed by atoms with Crippen molar-refractivity contribution in [3.05, 3.63) is 0 Å². The second-order valence-corrected chi connectivity index (χ2v) is 5.00. The largest absolute Gasteiger partial charge is 0.378 e. The van der Waals surface area contributed by atoms with Gasteiger partial charge in [0.05, 0.1) is 6.61 Å². The molecule has 0 amide bonds. The van der Waals surface area contributed by atoms with Crippen molar-refractivity contribution in [3.8, 4) is 0 Å². The van der Waals surface area contributed by atoms with Gasteiger partial charge in [-0.15, -0.1) is 0 Å². The Kier molecular flexibility index (Phi) is 3.62. The first-order valence-electron chi connectivity index (χ1n) is 6.04. The monoisotopic (exact) mass is 227 g/mol. The van der Waals surface area contributed by atoms with Gasteiger partial charge in [-0.1, -0.05) is 0 Å². The van der Waals surface area contributed by atoms with Gasteiger partial charge in [-0.3, -0.25) is 9.69 Å². The van der Waals surface area contributed by atoms with Crippen molar-refractivity contribution in [1.29, 1.82) is 0 Å². The van der Waals surface area contributed by atoms with Crippen molar-refractivity contribution in [2.45, 2.75) is 37.8 Å². The lowest BCUT2D eigenvalue weighted by Gasteiger charge is -2.38. The quantitative estimate of drug-likeness (QED) is 0.716. The van der Waals surface area contributed by atoms with Crippen molar-refractivity contribution < 1.29 is 14.3 Å². The fourth-order valence-electron chi connectivity index (χ4n) is 2.59. The Labute approximate surface area is 96.9 Å². The van der Waals surface area contributed by atoms with Gasteiger partial charge in [-0.25, -0.2) is 0 Å². The molecule has 92 valence electrons. The van der Waals surface area contributed by atoms with Gasteiger partial charge < -0.3 is 9.47 Å². The second kappa shape index (κ2) is 4.82. The van der Waals surface area contributed by atoms with Gasteiger partial charge >= 0.3 is 0 Å². The zero-order valence-corrected chi connectivity index (χ0v) is 10.2. The van der Waals surface area contributed by atoms with Crippen molar-refractivity contribution in [2.75, 3.05) is 33.4 Å². The number of ether oxygens (including phenoxy) is 2. The van der Waals surface area contributed by atoms with Gasteiger partial charge in [-0.2, -0.15) is 0 Å². The average Bonchev–Trinajstić information content (AvgIpc) is 2.72. The number of carbonyl (C=O) groups is 1. The highest BCUT2D eigenvalue weighted by atomic mass is 16.5. The molecule has 0 aromatic rings. The predicted octanol–water partition coefficient (Wildman–Crippen LogP) is 0.845. The van der Waals surface area contributed by atoms with Crippen LogP contribution in [0.2, 0.25) is 0 Å². The molecule has 0 aliphatic carbocycles. The highest BCUT2D eigenvalue weighted by molar-refractivity contribution is 5.79. The van der Waals surface area contributed by atoms with Crippen LogP contribution in [0.5, 0.6) is 0 Å². The molecule has 0 N–H and O–H groups in total. The molecular formula is C12H21NO3. The molecule has 4 heteroatoms. The van der Waals surface area contributed by atoms with Gasteiger partial charge in [0, 0.05) is 52.1 Å². The van der Waals surface area contributed by atoms with Crippen LogP contribution in [-0.4, -0.2) is 55.7 Å². The molecule has 2 aliphatic rings. The van der Waals surface area contributed by atoms with Gasteiger partial charge in [0.1, 0.15) is 11.4 Å². The number of Topliss-reactive ketones (excluding diaryl/α,β-unsaturated/α-hetero) is 1. The van der Waals surface area contributed by atoms with Gasteiger partial charge in [0.15, 0.2) is 0 Å². The molecule has 4 nitrogen and oxygen atoms in total. The molecular weight excluding hydrogens is 206 g/mol. The second-order valence-electron chi connectivity index (χ2n) is 5.00. The summed E-state index contributed by atoms with van der Waals surface area (Å²) >= 11 is 0. The zero-order chi connectivity index (χ0) is 11.6. The number of piperidine rings is 1. The van der Waals surface area contributed by atoms with Gasteiger partial charge in [0.25, 0.3) is 0 Å². The molecule has 0 saturated carbocycles. The standard InChI is InChI=1S/C12H21NO3/c1-10-7-11(14)3-5-13(10)8-12(15-2)4-6-16-9-12/h10H,3-9H2,1-2H3. The lowest BCUT2D eigenvalue weighted by atomic mass is 9.97. The van der Waals surface area contributed by atoms with Crippen LogP contribution in [0.4, 0.5) is 0 Å². The summed E-state index contributed by atoms with van der Waals surface area (Å²) in [5.41, 5.74) is -0.144. The van der Waals surface area contributed by atoms with E-state index in [0.717, 1.165) is 26.1 Å². The van der Waals surface area contributed by atoms with E-state index in [-0.39, 0.29) is 5.60 Å². The highest BCUT2D eigenvalue weighted by Crippen LogP contribution is 2.26. The van der Waals surface area contributed by atoms with E-state index in [9.17, 15) is 4.79 Å². The number of hydrogen-bond acceptors (Lipinski definition) is 4. The number of rotatable bonds is 3. The Bertz CT molecular complexity index is 261. The van der Waals surface area contributed by atoms with E-state index in [1.165, 1.54) is 0 Å². The minimum atomic E-state index is -0.144. The number of ketones is 1. The molecule has 0 bridgehead atoms. The minimum Gasteiger partial charge on any atom is -0.378 e. The van der Waals surface area contributed by atoms with Gasteiger partial charge in [-0.05, 0) is 6.92 Å². The number of nitrogens with zero attached hydrogens (tertiary/aromatic N) is 1. The summed E-state index contributed by atoms with van der Waals surface area (Å²) in [7, 11) is 1.76. The summed E-state index contributed by atoms with van der Waals surface area (Å²) in [5, 5.41) is 0. The Hall–Kier alpha value is -0.450. The van der Waals surface area contributed by atoms with Crippen molar-refractivity contribution in [1.82, 2.24) is 4.90 Å². The van der Waals surface area contributed by atoms with Gasteiger partial charge in [0.2, 0.25) is 0 Å². The Morgan fingerprint density at radius 1 is 1.62 bits per heavy atom. The third-order valence-electron chi connectivity index (χ3n) is 3.82. The van der Waals surface area contributed by atoms with Crippen LogP contribution in [-0.2, 0) is 14.3 Å². The van der Waals surface area contributed by atoms with Crippen LogP contribution < -0.4 is 0 Å². The fourth-order valence-corrected chi connectivity index (χ4v) is 2.59. The third kappa shape index (κ3) is 2.44. The molecule has 2 rings (SSSR count). The van der Waals surface area contributed by atoms with E-state index in [4.69, 9.17) is 9.47 Å². The van der Waals surface area contributed by atoms with Crippen LogP contribution in [0.3, 0.4) is 0 Å². The Morgan fingerprint density at radius 3 is 3.00 bits per heavy atom. The Balaban J connectivity index is 1.95. The van der Waals surface area contributed by atoms with E-state index in [2.05, 4.69) is 11.8 Å². The summed E-state index contributed by atoms with van der Waals surface area (Å²) in [6, 6.07) is 0.342. The summed E-state index contributed by atoms with van der Waals surface area (Å²) in [6.07, 6.45) is 2.33. The fraction of sp³-hybridized carbons (Fsp3) is 0.917. The summed E-state index contributed by atoms with van der Waals surface area (Å²) in [4.78, 5) is 13.7. The molecule has 0 spiro atoms. The summed E-state index contributed by atoms with van der Waals surface area (Å²) in [5.74, 6) is 0.387. The molecule has 0 aromatic heterocycles. The normalized spacial score (nSPS) is 36.9. The summed E-state index contributed by atoms with van der Waals surface area (Å²) in [6.45, 7) is 5.34. The van der Waals surface area contributed by atoms with E-state index in [1.54, 1.807) is 7.11 Å². The topological polar surface area (TPSA) is 38.8 Å². The third-order valence-corrected chi connectivity index (χ3v) is 3.82. The molecule has 2 atom stereocenters. The molecule has 0 radical (unpaired) electrons. The van der Waals surface area contributed by atoms with Crippen molar-refractivity contribution in [2.24, 2.45) is 0 Å². The maximum absolute atomic E-state index is 11.3. The van der Waals surface area contributed by atoms with E-state index in [0.29, 0.717) is 31.3 Å². The van der Waals surface area contributed by atoms with Crippen LogP contribution in [0.25, 0.3) is 0 Å². The predicted molar refractivity (Wildman–Crippen MR) is 60.5 cm³/mol. The lowest BCUT2D eigenvalue weighted by Crippen LogP contribution is -2.51. The maximum atomic E-state index is 11.3. The minimum absolute atomic E-state index is 0.144. The van der Waals surface area contributed by atoms with E-state index >= 15 is 0 Å². The molecule has 2 aliphatic heterocycles.